The first-order chi connectivity index (χ1) is 9.52. The molecular weight excluding hydrogens is 262 g/mol. The fraction of sp³-hybridized carbons (Fsp3) is 0.444. The molecule has 0 amide bonds. The van der Waals surface area contributed by atoms with E-state index in [0.717, 1.165) is 0 Å². The van der Waals surface area contributed by atoms with Crippen molar-refractivity contribution in [1.82, 2.24) is 5.32 Å². The lowest BCUT2D eigenvalue weighted by Crippen LogP contribution is -2.20. The maximum Gasteiger partial charge on any atom is 0.0435 e. The minimum atomic E-state index is 0.448. The Balaban J connectivity index is 2.24. The second-order valence-electron chi connectivity index (χ2n) is 5.99. The minimum absolute atomic E-state index is 0.448. The van der Waals surface area contributed by atoms with Gasteiger partial charge in [-0.25, -0.2) is 0 Å². The van der Waals surface area contributed by atoms with Crippen LogP contribution in [-0.4, -0.2) is 7.05 Å². The number of nitrogens with one attached hydrogen (secondary N) is 1. The van der Waals surface area contributed by atoms with E-state index in [1.807, 2.05) is 18.4 Å². The number of thiophene rings is 1. The van der Waals surface area contributed by atoms with Gasteiger partial charge < -0.3 is 5.32 Å². The summed E-state index contributed by atoms with van der Waals surface area (Å²) in [5.41, 5.74) is 2.73. The number of hydrogen-bond donors (Lipinski definition) is 1. The van der Waals surface area contributed by atoms with Crippen molar-refractivity contribution in [2.45, 2.75) is 39.7 Å². The summed E-state index contributed by atoms with van der Waals surface area (Å²) < 4.78 is 0. The van der Waals surface area contributed by atoms with Crippen LogP contribution in [0.3, 0.4) is 0 Å². The standard InChI is InChI=1S/C18H25NS/c1-12(2)14-6-8-15(9-7-14)16-10-11-17(20-16)18(19-5)13(3)4/h6-13,18-19H,1-5H3. The van der Waals surface area contributed by atoms with Crippen molar-refractivity contribution in [3.8, 4) is 10.4 Å². The molecule has 0 aliphatic carbocycles. The number of hydrogen-bond acceptors (Lipinski definition) is 2. The van der Waals surface area contributed by atoms with Gasteiger partial charge in [-0.15, -0.1) is 11.3 Å². The van der Waals surface area contributed by atoms with Crippen molar-refractivity contribution in [3.63, 3.8) is 0 Å². The lowest BCUT2D eigenvalue weighted by molar-refractivity contribution is 0.449. The van der Waals surface area contributed by atoms with E-state index in [-0.39, 0.29) is 0 Å². The Hall–Kier alpha value is -1.12. The Bertz CT molecular complexity index is 537. The Labute approximate surface area is 127 Å². The summed E-state index contributed by atoms with van der Waals surface area (Å²) in [7, 11) is 2.04. The summed E-state index contributed by atoms with van der Waals surface area (Å²) in [5.74, 6) is 1.20. The smallest absolute Gasteiger partial charge is 0.0435 e. The molecule has 1 unspecified atom stereocenters. The molecule has 0 saturated carbocycles. The third-order valence-corrected chi connectivity index (χ3v) is 4.99. The molecule has 0 aliphatic heterocycles. The van der Waals surface area contributed by atoms with Crippen LogP contribution < -0.4 is 5.32 Å². The van der Waals surface area contributed by atoms with Crippen LogP contribution in [0.5, 0.6) is 0 Å². The van der Waals surface area contributed by atoms with Crippen molar-refractivity contribution in [2.75, 3.05) is 7.05 Å². The molecule has 1 nitrogen and oxygen atoms in total. The number of benzene rings is 1. The van der Waals surface area contributed by atoms with E-state index in [9.17, 15) is 0 Å². The van der Waals surface area contributed by atoms with E-state index in [1.165, 1.54) is 20.9 Å². The van der Waals surface area contributed by atoms with E-state index in [2.05, 4.69) is 69.4 Å². The molecule has 0 bridgehead atoms. The highest BCUT2D eigenvalue weighted by Crippen LogP contribution is 2.34. The zero-order chi connectivity index (χ0) is 14.7. The maximum atomic E-state index is 3.42. The SMILES string of the molecule is CNC(c1ccc(-c2ccc(C(C)C)cc2)s1)C(C)C. The van der Waals surface area contributed by atoms with E-state index < -0.39 is 0 Å². The maximum absolute atomic E-state index is 3.42. The second kappa shape index (κ2) is 6.55. The molecule has 1 aromatic heterocycles. The van der Waals surface area contributed by atoms with Gasteiger partial charge in [0.2, 0.25) is 0 Å². The molecule has 0 aliphatic rings. The summed E-state index contributed by atoms with van der Waals surface area (Å²) in [5, 5.41) is 3.42. The van der Waals surface area contributed by atoms with Gasteiger partial charge in [-0.3, -0.25) is 0 Å². The molecule has 1 atom stereocenters. The molecule has 1 N–H and O–H groups in total. The highest BCUT2D eigenvalue weighted by atomic mass is 32.1. The van der Waals surface area contributed by atoms with Gasteiger partial charge >= 0.3 is 0 Å². The third kappa shape index (κ3) is 3.31. The van der Waals surface area contributed by atoms with Gasteiger partial charge in [-0.1, -0.05) is 52.0 Å². The lowest BCUT2D eigenvalue weighted by atomic mass is 10.0. The Morgan fingerprint density at radius 1 is 0.900 bits per heavy atom. The molecule has 2 heteroatoms. The molecule has 0 radical (unpaired) electrons. The average molecular weight is 287 g/mol. The highest BCUT2D eigenvalue weighted by Gasteiger charge is 2.16. The largest absolute Gasteiger partial charge is 0.312 e. The van der Waals surface area contributed by atoms with Crippen LogP contribution in [0, 0.1) is 5.92 Å². The van der Waals surface area contributed by atoms with Crippen LogP contribution in [0.4, 0.5) is 0 Å². The zero-order valence-electron chi connectivity index (χ0n) is 13.1. The predicted octanol–water partition coefficient (Wildman–Crippen LogP) is 5.46. The summed E-state index contributed by atoms with van der Waals surface area (Å²) >= 11 is 1.90. The summed E-state index contributed by atoms with van der Waals surface area (Å²) in [6.07, 6.45) is 0. The first-order valence-corrected chi connectivity index (χ1v) is 8.22. The third-order valence-electron chi connectivity index (χ3n) is 3.77. The van der Waals surface area contributed by atoms with Crippen LogP contribution in [0.25, 0.3) is 10.4 Å². The summed E-state index contributed by atoms with van der Waals surface area (Å²) in [4.78, 5) is 2.78. The van der Waals surface area contributed by atoms with Gasteiger partial charge in [0.1, 0.15) is 0 Å². The first-order valence-electron chi connectivity index (χ1n) is 7.40. The molecule has 20 heavy (non-hydrogen) atoms. The van der Waals surface area contributed by atoms with Crippen molar-refractivity contribution >= 4 is 11.3 Å². The molecule has 0 fully saturated rings. The van der Waals surface area contributed by atoms with Gasteiger partial charge in [-0.05, 0) is 42.1 Å². The second-order valence-corrected chi connectivity index (χ2v) is 7.10. The van der Waals surface area contributed by atoms with Gasteiger partial charge in [0.25, 0.3) is 0 Å². The van der Waals surface area contributed by atoms with Gasteiger partial charge in [0, 0.05) is 15.8 Å². The molecule has 1 aromatic carbocycles. The average Bonchev–Trinajstić information content (AvgIpc) is 2.88. The molecular formula is C18H25NS. The quantitative estimate of drug-likeness (QED) is 0.770. The lowest BCUT2D eigenvalue weighted by Gasteiger charge is -2.18. The topological polar surface area (TPSA) is 12.0 Å². The van der Waals surface area contributed by atoms with Crippen molar-refractivity contribution < 1.29 is 0 Å². The van der Waals surface area contributed by atoms with Crippen LogP contribution >= 0.6 is 11.3 Å². The van der Waals surface area contributed by atoms with Crippen LogP contribution in [0.15, 0.2) is 36.4 Å². The van der Waals surface area contributed by atoms with E-state index in [1.54, 1.807) is 0 Å². The highest BCUT2D eigenvalue weighted by molar-refractivity contribution is 7.15. The van der Waals surface area contributed by atoms with E-state index in [0.29, 0.717) is 17.9 Å². The Kier molecular flexibility index (Phi) is 5.00. The van der Waals surface area contributed by atoms with Crippen LogP contribution in [0.1, 0.15) is 50.1 Å². The van der Waals surface area contributed by atoms with Crippen LogP contribution in [0.2, 0.25) is 0 Å². The monoisotopic (exact) mass is 287 g/mol. The molecule has 1 heterocycles. The van der Waals surface area contributed by atoms with Gasteiger partial charge in [-0.2, -0.15) is 0 Å². The summed E-state index contributed by atoms with van der Waals surface area (Å²) in [6.45, 7) is 8.99. The van der Waals surface area contributed by atoms with Crippen molar-refractivity contribution in [2.24, 2.45) is 5.92 Å². The molecule has 2 rings (SSSR count). The Morgan fingerprint density at radius 3 is 2.05 bits per heavy atom. The van der Waals surface area contributed by atoms with Gasteiger partial charge in [0.05, 0.1) is 0 Å². The molecule has 2 aromatic rings. The minimum Gasteiger partial charge on any atom is -0.312 e. The first kappa shape index (κ1) is 15.3. The van der Waals surface area contributed by atoms with E-state index in [4.69, 9.17) is 0 Å². The summed E-state index contributed by atoms with van der Waals surface area (Å²) in [6, 6.07) is 13.9. The molecule has 108 valence electrons. The normalized spacial score (nSPS) is 13.2. The molecule has 0 saturated heterocycles. The van der Waals surface area contributed by atoms with E-state index >= 15 is 0 Å². The molecule has 0 spiro atoms. The fourth-order valence-corrected chi connectivity index (χ4v) is 3.81. The zero-order valence-corrected chi connectivity index (χ0v) is 13.9. The number of rotatable bonds is 5. The fourth-order valence-electron chi connectivity index (χ4n) is 2.51. The predicted molar refractivity (Wildman–Crippen MR) is 90.5 cm³/mol. The van der Waals surface area contributed by atoms with Gasteiger partial charge in [0.15, 0.2) is 0 Å². The Morgan fingerprint density at radius 2 is 1.55 bits per heavy atom. The van der Waals surface area contributed by atoms with Crippen LogP contribution in [-0.2, 0) is 0 Å². The van der Waals surface area contributed by atoms with Crippen molar-refractivity contribution in [1.29, 1.82) is 0 Å². The van der Waals surface area contributed by atoms with Crippen molar-refractivity contribution in [3.05, 3.63) is 46.8 Å².